The molecular formula is C13H15BrN2O2S. The fourth-order valence-corrected chi connectivity index (χ4v) is 3.30. The lowest BCUT2D eigenvalue weighted by molar-refractivity contribution is -0.130. The molecule has 0 N–H and O–H groups in total. The molecule has 0 bridgehead atoms. The average molecular weight is 343 g/mol. The van der Waals surface area contributed by atoms with E-state index in [2.05, 4.69) is 15.9 Å². The van der Waals surface area contributed by atoms with Crippen LogP contribution in [0.2, 0.25) is 0 Å². The highest BCUT2D eigenvalue weighted by atomic mass is 79.9. The van der Waals surface area contributed by atoms with Gasteiger partial charge in [-0.05, 0) is 41.9 Å². The number of hydrogen-bond donors (Lipinski definition) is 0. The average Bonchev–Trinajstić information content (AvgIpc) is 2.51. The number of thioether (sulfide) groups is 1. The Morgan fingerprint density at radius 2 is 1.89 bits per heavy atom. The van der Waals surface area contributed by atoms with Crippen LogP contribution >= 0.6 is 27.7 Å². The molecule has 19 heavy (non-hydrogen) atoms. The maximum Gasteiger partial charge on any atom is 0.328 e. The number of nitrogens with zero attached hydrogens (tertiary/aromatic N) is 2. The molecule has 0 spiro atoms. The zero-order chi connectivity index (χ0) is 14.2. The fourth-order valence-electron chi connectivity index (χ4n) is 1.79. The Morgan fingerprint density at radius 3 is 2.42 bits per heavy atom. The van der Waals surface area contributed by atoms with E-state index >= 15 is 0 Å². The van der Waals surface area contributed by atoms with E-state index in [0.717, 1.165) is 9.37 Å². The fraction of sp³-hybridized carbons (Fsp3) is 0.385. The molecule has 1 aliphatic heterocycles. The second-order valence-electron chi connectivity index (χ2n) is 4.84. The largest absolute Gasteiger partial charge is 0.328 e. The molecule has 2 rings (SSSR count). The van der Waals surface area contributed by atoms with Crippen molar-refractivity contribution in [2.45, 2.75) is 24.3 Å². The number of amides is 3. The molecule has 1 aromatic carbocycles. The molecule has 102 valence electrons. The monoisotopic (exact) mass is 342 g/mol. The molecule has 3 amide bonds. The van der Waals surface area contributed by atoms with Gasteiger partial charge in [-0.2, -0.15) is 0 Å². The molecule has 1 aliphatic rings. The van der Waals surface area contributed by atoms with E-state index in [9.17, 15) is 9.59 Å². The van der Waals surface area contributed by atoms with Crippen LogP contribution in [0, 0.1) is 0 Å². The van der Waals surface area contributed by atoms with Crippen molar-refractivity contribution in [1.29, 1.82) is 0 Å². The summed E-state index contributed by atoms with van der Waals surface area (Å²) in [6, 6.07) is 7.50. The third-order valence-corrected chi connectivity index (χ3v) is 5.32. The van der Waals surface area contributed by atoms with E-state index in [1.165, 1.54) is 21.6 Å². The van der Waals surface area contributed by atoms with Crippen LogP contribution in [0.25, 0.3) is 0 Å². The SMILES string of the molecule is CN1C(=O)N(CSc2ccccc2Br)C(=O)C1(C)C. The van der Waals surface area contributed by atoms with Crippen LogP contribution in [0.3, 0.4) is 0 Å². The van der Waals surface area contributed by atoms with Gasteiger partial charge >= 0.3 is 6.03 Å². The minimum absolute atomic E-state index is 0.153. The van der Waals surface area contributed by atoms with Gasteiger partial charge in [0.15, 0.2) is 0 Å². The maximum absolute atomic E-state index is 12.2. The third-order valence-electron chi connectivity index (χ3n) is 3.31. The molecule has 0 saturated carbocycles. The summed E-state index contributed by atoms with van der Waals surface area (Å²) >= 11 is 4.92. The number of carbonyl (C=O) groups excluding carboxylic acids is 2. The van der Waals surface area contributed by atoms with Crippen LogP contribution in [-0.2, 0) is 4.79 Å². The van der Waals surface area contributed by atoms with Crippen LogP contribution in [0.4, 0.5) is 4.79 Å². The van der Waals surface area contributed by atoms with E-state index < -0.39 is 5.54 Å². The molecule has 1 aromatic rings. The van der Waals surface area contributed by atoms with Crippen molar-refractivity contribution in [3.63, 3.8) is 0 Å². The number of likely N-dealkylation sites (N-methyl/N-ethyl adjacent to an activating group) is 1. The minimum atomic E-state index is -0.758. The number of rotatable bonds is 3. The van der Waals surface area contributed by atoms with Crippen molar-refractivity contribution in [1.82, 2.24) is 9.80 Å². The van der Waals surface area contributed by atoms with Gasteiger partial charge in [0.05, 0.1) is 5.88 Å². The molecule has 1 fully saturated rings. The zero-order valence-electron chi connectivity index (χ0n) is 11.0. The van der Waals surface area contributed by atoms with Crippen LogP contribution in [0.15, 0.2) is 33.6 Å². The van der Waals surface area contributed by atoms with Gasteiger partial charge in [-0.15, -0.1) is 11.8 Å². The van der Waals surface area contributed by atoms with Crippen LogP contribution < -0.4 is 0 Å². The summed E-state index contributed by atoms with van der Waals surface area (Å²) in [6.45, 7) is 3.52. The Hall–Kier alpha value is -1.01. The van der Waals surface area contributed by atoms with Crippen molar-refractivity contribution in [3.05, 3.63) is 28.7 Å². The predicted octanol–water partition coefficient (Wildman–Crippen LogP) is 3.17. The summed E-state index contributed by atoms with van der Waals surface area (Å²) in [5, 5.41) is 0. The molecule has 4 nitrogen and oxygen atoms in total. The lowest BCUT2D eigenvalue weighted by atomic mass is 10.1. The Labute approximate surface area is 125 Å². The molecule has 0 aliphatic carbocycles. The number of urea groups is 1. The summed E-state index contributed by atoms with van der Waals surface area (Å²) in [5.41, 5.74) is -0.758. The molecule has 1 saturated heterocycles. The first-order valence-corrected chi connectivity index (χ1v) is 7.60. The molecule has 0 aromatic heterocycles. The van der Waals surface area contributed by atoms with Gasteiger partial charge in [-0.3, -0.25) is 9.69 Å². The van der Waals surface area contributed by atoms with E-state index in [4.69, 9.17) is 0 Å². The third kappa shape index (κ3) is 2.51. The lowest BCUT2D eigenvalue weighted by Crippen LogP contribution is -2.41. The molecule has 1 heterocycles. The van der Waals surface area contributed by atoms with Crippen molar-refractivity contribution in [2.75, 3.05) is 12.9 Å². The summed E-state index contributed by atoms with van der Waals surface area (Å²) in [4.78, 5) is 28.0. The smallest absolute Gasteiger partial charge is 0.313 e. The Kier molecular flexibility index (Phi) is 3.92. The molecule has 6 heteroatoms. The lowest BCUT2D eigenvalue weighted by Gasteiger charge is -2.22. The summed E-state index contributed by atoms with van der Waals surface area (Å²) in [5.74, 6) is 0.174. The van der Waals surface area contributed by atoms with Crippen LogP contribution in [-0.4, -0.2) is 40.2 Å². The number of halogens is 1. The number of carbonyl (C=O) groups is 2. The Balaban J connectivity index is 2.11. The van der Waals surface area contributed by atoms with E-state index in [-0.39, 0.29) is 11.9 Å². The zero-order valence-corrected chi connectivity index (χ0v) is 13.4. The quantitative estimate of drug-likeness (QED) is 0.625. The molecule has 0 radical (unpaired) electrons. The molecule has 0 unspecified atom stereocenters. The first-order chi connectivity index (χ1) is 8.85. The minimum Gasteiger partial charge on any atom is -0.313 e. The van der Waals surface area contributed by atoms with Gasteiger partial charge in [0.25, 0.3) is 5.91 Å². The molecular weight excluding hydrogens is 328 g/mol. The van der Waals surface area contributed by atoms with Crippen molar-refractivity contribution < 1.29 is 9.59 Å². The van der Waals surface area contributed by atoms with Crippen LogP contribution in [0.5, 0.6) is 0 Å². The molecule has 0 atom stereocenters. The highest BCUT2D eigenvalue weighted by molar-refractivity contribution is 9.10. The van der Waals surface area contributed by atoms with Gasteiger partial charge in [0.2, 0.25) is 0 Å². The predicted molar refractivity (Wildman–Crippen MR) is 79.0 cm³/mol. The number of benzene rings is 1. The maximum atomic E-state index is 12.2. The summed E-state index contributed by atoms with van der Waals surface area (Å²) in [6.07, 6.45) is 0. The topological polar surface area (TPSA) is 40.6 Å². The van der Waals surface area contributed by atoms with Gasteiger partial charge < -0.3 is 4.90 Å². The second kappa shape index (κ2) is 5.17. The van der Waals surface area contributed by atoms with Crippen molar-refractivity contribution in [2.24, 2.45) is 0 Å². The van der Waals surface area contributed by atoms with E-state index in [1.54, 1.807) is 20.9 Å². The van der Waals surface area contributed by atoms with E-state index in [1.807, 2.05) is 24.3 Å². The van der Waals surface area contributed by atoms with Gasteiger partial charge in [0.1, 0.15) is 5.54 Å². The highest BCUT2D eigenvalue weighted by Crippen LogP contribution is 2.31. The normalized spacial score (nSPS) is 18.3. The van der Waals surface area contributed by atoms with Gasteiger partial charge in [-0.25, -0.2) is 4.79 Å². The summed E-state index contributed by atoms with van der Waals surface area (Å²) < 4.78 is 0.965. The standard InChI is InChI=1S/C13H15BrN2O2S/c1-13(2)11(17)16(12(18)15(13)3)8-19-10-7-5-4-6-9(10)14/h4-7H,8H2,1-3H3. The van der Waals surface area contributed by atoms with Crippen molar-refractivity contribution in [3.8, 4) is 0 Å². The van der Waals surface area contributed by atoms with E-state index in [0.29, 0.717) is 5.88 Å². The highest BCUT2D eigenvalue weighted by Gasteiger charge is 2.49. The number of imide groups is 1. The first kappa shape index (κ1) is 14.4. The number of hydrogen-bond acceptors (Lipinski definition) is 3. The van der Waals surface area contributed by atoms with Gasteiger partial charge in [-0.1, -0.05) is 12.1 Å². The Morgan fingerprint density at radius 1 is 1.26 bits per heavy atom. The second-order valence-corrected chi connectivity index (χ2v) is 6.68. The van der Waals surface area contributed by atoms with Crippen LogP contribution in [0.1, 0.15) is 13.8 Å². The van der Waals surface area contributed by atoms with Gasteiger partial charge in [0, 0.05) is 16.4 Å². The Bertz CT molecular complexity index is 533. The first-order valence-electron chi connectivity index (χ1n) is 5.83. The van der Waals surface area contributed by atoms with Crippen molar-refractivity contribution >= 4 is 39.6 Å². The summed E-state index contributed by atoms with van der Waals surface area (Å²) in [7, 11) is 1.66.